The van der Waals surface area contributed by atoms with Crippen LogP contribution in [0.4, 0.5) is 5.69 Å². The molecule has 2 aromatic rings. The van der Waals surface area contributed by atoms with Gasteiger partial charge in [0.15, 0.2) is 0 Å². The molecule has 0 saturated heterocycles. The number of nitrogens with one attached hydrogen (secondary N) is 1. The summed E-state index contributed by atoms with van der Waals surface area (Å²) in [6.07, 6.45) is 0. The molecule has 0 saturated carbocycles. The number of nitrogens with zero attached hydrogens (tertiary/aromatic N) is 1. The predicted molar refractivity (Wildman–Crippen MR) is 85.6 cm³/mol. The monoisotopic (exact) mass is 300 g/mol. The van der Waals surface area contributed by atoms with Crippen LogP contribution in [0.5, 0.6) is 11.5 Å². The first-order valence-electron chi connectivity index (χ1n) is 6.35. The Morgan fingerprint density at radius 2 is 1.76 bits per heavy atom. The van der Waals surface area contributed by atoms with E-state index in [2.05, 4.69) is 10.8 Å². The fourth-order valence-electron chi connectivity index (χ4n) is 1.82. The van der Waals surface area contributed by atoms with Crippen molar-refractivity contribution in [3.63, 3.8) is 0 Å². The van der Waals surface area contributed by atoms with Crippen LogP contribution < -0.4 is 14.2 Å². The molecular weight excluding hydrogens is 284 g/mol. The van der Waals surface area contributed by atoms with E-state index >= 15 is 0 Å². The van der Waals surface area contributed by atoms with Crippen molar-refractivity contribution in [2.75, 3.05) is 18.9 Å². The molecular formula is C16H16N2O2S. The molecule has 108 valence electrons. The van der Waals surface area contributed by atoms with E-state index in [1.54, 1.807) is 20.3 Å². The molecule has 2 rings (SSSR count). The summed E-state index contributed by atoms with van der Waals surface area (Å²) in [4.78, 5) is 0. The quantitative estimate of drug-likeness (QED) is 0.822. The van der Waals surface area contributed by atoms with Crippen LogP contribution in [-0.2, 0) is 5.75 Å². The zero-order valence-electron chi connectivity index (χ0n) is 11.9. The van der Waals surface area contributed by atoms with Gasteiger partial charge < -0.3 is 14.2 Å². The molecule has 5 heteroatoms. The van der Waals surface area contributed by atoms with Gasteiger partial charge in [0.25, 0.3) is 0 Å². The lowest BCUT2D eigenvalue weighted by Crippen LogP contribution is -1.94. The molecule has 0 heterocycles. The summed E-state index contributed by atoms with van der Waals surface area (Å²) >= 11 is 1.52. The minimum atomic E-state index is 0.633. The van der Waals surface area contributed by atoms with Gasteiger partial charge in [0.05, 0.1) is 25.5 Å². The SMILES string of the molecule is COc1cc(CSNc2ccccc2C#N)cc(OC)c1. The second-order valence-electron chi connectivity index (χ2n) is 4.27. The second kappa shape index (κ2) is 7.46. The van der Waals surface area contributed by atoms with E-state index in [0.29, 0.717) is 5.56 Å². The van der Waals surface area contributed by atoms with Crippen LogP contribution in [0.2, 0.25) is 0 Å². The lowest BCUT2D eigenvalue weighted by Gasteiger charge is -2.10. The summed E-state index contributed by atoms with van der Waals surface area (Å²) in [5, 5.41) is 9.04. The predicted octanol–water partition coefficient (Wildman–Crippen LogP) is 3.84. The highest BCUT2D eigenvalue weighted by molar-refractivity contribution is 7.99. The first-order valence-corrected chi connectivity index (χ1v) is 7.34. The maximum absolute atomic E-state index is 9.04. The molecule has 1 N–H and O–H groups in total. The lowest BCUT2D eigenvalue weighted by molar-refractivity contribution is 0.393. The zero-order valence-corrected chi connectivity index (χ0v) is 12.7. The van der Waals surface area contributed by atoms with Gasteiger partial charge in [-0.05, 0) is 41.8 Å². The van der Waals surface area contributed by atoms with E-state index in [1.807, 2.05) is 36.4 Å². The minimum absolute atomic E-state index is 0.633. The van der Waals surface area contributed by atoms with Crippen molar-refractivity contribution < 1.29 is 9.47 Å². The highest BCUT2D eigenvalue weighted by Crippen LogP contribution is 2.26. The summed E-state index contributed by atoms with van der Waals surface area (Å²) in [5.41, 5.74) is 2.53. The topological polar surface area (TPSA) is 54.3 Å². The molecule has 0 aliphatic rings. The number of methoxy groups -OCH3 is 2. The molecule has 0 aliphatic heterocycles. The van der Waals surface area contributed by atoms with Crippen LogP contribution >= 0.6 is 11.9 Å². The second-order valence-corrected chi connectivity index (χ2v) is 5.05. The first kappa shape index (κ1) is 15.1. The van der Waals surface area contributed by atoms with Crippen molar-refractivity contribution in [2.45, 2.75) is 5.75 Å². The van der Waals surface area contributed by atoms with Gasteiger partial charge in [0.2, 0.25) is 0 Å². The fourth-order valence-corrected chi connectivity index (χ4v) is 2.56. The fraction of sp³-hybridized carbons (Fsp3) is 0.188. The summed E-state index contributed by atoms with van der Waals surface area (Å²) < 4.78 is 13.7. The van der Waals surface area contributed by atoms with Crippen molar-refractivity contribution >= 4 is 17.6 Å². The van der Waals surface area contributed by atoms with Crippen molar-refractivity contribution in [3.8, 4) is 17.6 Å². The van der Waals surface area contributed by atoms with Gasteiger partial charge in [-0.25, -0.2) is 0 Å². The zero-order chi connectivity index (χ0) is 15.1. The summed E-state index contributed by atoms with van der Waals surface area (Å²) in [7, 11) is 3.26. The number of benzene rings is 2. The molecule has 0 fully saturated rings. The maximum atomic E-state index is 9.04. The Balaban J connectivity index is 2.02. The number of hydrogen-bond donors (Lipinski definition) is 1. The molecule has 4 nitrogen and oxygen atoms in total. The molecule has 0 unspecified atom stereocenters. The minimum Gasteiger partial charge on any atom is -0.497 e. The van der Waals surface area contributed by atoms with Crippen LogP contribution in [0.3, 0.4) is 0 Å². The van der Waals surface area contributed by atoms with Crippen LogP contribution in [-0.4, -0.2) is 14.2 Å². The van der Waals surface area contributed by atoms with Gasteiger partial charge in [0.1, 0.15) is 17.6 Å². The average molecular weight is 300 g/mol. The highest BCUT2D eigenvalue weighted by atomic mass is 32.2. The number of ether oxygens (including phenoxy) is 2. The molecule has 0 aromatic heterocycles. The standard InChI is InChI=1S/C16H16N2O2S/c1-19-14-7-12(8-15(9-14)20-2)11-21-18-16-6-4-3-5-13(16)10-17/h3-9,18H,11H2,1-2H3. The van der Waals surface area contributed by atoms with Gasteiger partial charge in [0, 0.05) is 11.8 Å². The van der Waals surface area contributed by atoms with Crippen molar-refractivity contribution in [1.82, 2.24) is 0 Å². The largest absolute Gasteiger partial charge is 0.497 e. The molecule has 0 spiro atoms. The number of hydrogen-bond acceptors (Lipinski definition) is 5. The van der Waals surface area contributed by atoms with E-state index in [1.165, 1.54) is 11.9 Å². The van der Waals surface area contributed by atoms with Crippen LogP contribution in [0.1, 0.15) is 11.1 Å². The van der Waals surface area contributed by atoms with Gasteiger partial charge in [-0.1, -0.05) is 12.1 Å². The molecule has 0 atom stereocenters. The van der Waals surface area contributed by atoms with Crippen LogP contribution in [0.25, 0.3) is 0 Å². The number of nitriles is 1. The smallest absolute Gasteiger partial charge is 0.122 e. The average Bonchev–Trinajstić information content (AvgIpc) is 2.54. The molecule has 0 amide bonds. The molecule has 0 bridgehead atoms. The van der Waals surface area contributed by atoms with E-state index in [9.17, 15) is 0 Å². The van der Waals surface area contributed by atoms with Gasteiger partial charge >= 0.3 is 0 Å². The Bertz CT molecular complexity index is 631. The lowest BCUT2D eigenvalue weighted by atomic mass is 10.2. The Morgan fingerprint density at radius 1 is 1.10 bits per heavy atom. The van der Waals surface area contributed by atoms with Crippen LogP contribution in [0.15, 0.2) is 42.5 Å². The third-order valence-electron chi connectivity index (χ3n) is 2.88. The Kier molecular flexibility index (Phi) is 5.35. The van der Waals surface area contributed by atoms with Crippen molar-refractivity contribution in [3.05, 3.63) is 53.6 Å². The highest BCUT2D eigenvalue weighted by Gasteiger charge is 2.04. The molecule has 2 aromatic carbocycles. The van der Waals surface area contributed by atoms with E-state index in [0.717, 1.165) is 28.5 Å². The molecule has 21 heavy (non-hydrogen) atoms. The Morgan fingerprint density at radius 3 is 2.38 bits per heavy atom. The number of rotatable bonds is 6. The first-order chi connectivity index (χ1) is 10.3. The van der Waals surface area contributed by atoms with Gasteiger partial charge in [-0.2, -0.15) is 5.26 Å². The summed E-state index contributed by atoms with van der Waals surface area (Å²) in [6.45, 7) is 0. The van der Waals surface area contributed by atoms with E-state index in [-0.39, 0.29) is 0 Å². The van der Waals surface area contributed by atoms with Crippen LogP contribution in [0, 0.1) is 11.3 Å². The normalized spacial score (nSPS) is 9.76. The van der Waals surface area contributed by atoms with E-state index in [4.69, 9.17) is 14.7 Å². The van der Waals surface area contributed by atoms with Gasteiger partial charge in [-0.3, -0.25) is 0 Å². The van der Waals surface area contributed by atoms with Crippen molar-refractivity contribution in [1.29, 1.82) is 5.26 Å². The number of anilines is 1. The summed E-state index contributed by atoms with van der Waals surface area (Å²) in [5.74, 6) is 2.26. The third-order valence-corrected chi connectivity index (χ3v) is 3.72. The Labute approximate surface area is 128 Å². The van der Waals surface area contributed by atoms with Crippen molar-refractivity contribution in [2.24, 2.45) is 0 Å². The Hall–Kier alpha value is -2.32. The maximum Gasteiger partial charge on any atom is 0.122 e. The summed E-state index contributed by atoms with van der Waals surface area (Å²) in [6, 6.07) is 15.4. The number of para-hydroxylation sites is 1. The molecule has 0 aliphatic carbocycles. The molecule has 0 radical (unpaired) electrons. The van der Waals surface area contributed by atoms with Gasteiger partial charge in [-0.15, -0.1) is 0 Å². The van der Waals surface area contributed by atoms with E-state index < -0.39 is 0 Å². The third kappa shape index (κ3) is 4.07.